The molecule has 3 N–H and O–H groups in total. The topological polar surface area (TPSA) is 81.7 Å². The summed E-state index contributed by atoms with van der Waals surface area (Å²) in [5.41, 5.74) is 7.43. The van der Waals surface area contributed by atoms with Crippen molar-refractivity contribution in [3.63, 3.8) is 0 Å². The molecule has 2 aromatic rings. The van der Waals surface area contributed by atoms with Gasteiger partial charge in [-0.15, -0.1) is 16.4 Å². The van der Waals surface area contributed by atoms with Crippen LogP contribution >= 0.6 is 11.3 Å². The van der Waals surface area contributed by atoms with Gasteiger partial charge < -0.3 is 11.1 Å². The first kappa shape index (κ1) is 21.4. The lowest BCUT2D eigenvalue weighted by atomic mass is 9.81. The van der Waals surface area contributed by atoms with Crippen LogP contribution in [0.4, 0.5) is 0 Å². The van der Waals surface area contributed by atoms with Crippen molar-refractivity contribution in [2.75, 3.05) is 0 Å². The molecule has 2 heterocycles. The fourth-order valence-corrected chi connectivity index (χ4v) is 5.63. The summed E-state index contributed by atoms with van der Waals surface area (Å²) in [5, 5.41) is 19.1. The summed E-state index contributed by atoms with van der Waals surface area (Å²) >= 11 is 1.78. The SMILES string of the molecule is Cc1ccsc1C(NC1CCC(N)CC1)c1nnnn1C(C)(C)CC(C)(C)C. The van der Waals surface area contributed by atoms with Crippen molar-refractivity contribution in [3.05, 3.63) is 27.7 Å². The maximum atomic E-state index is 6.12. The van der Waals surface area contributed by atoms with E-state index in [4.69, 9.17) is 5.73 Å². The fourth-order valence-electron chi connectivity index (χ4n) is 4.65. The number of aryl methyl sites for hydroxylation is 1. The molecule has 0 radical (unpaired) electrons. The third-order valence-corrected chi connectivity index (χ3v) is 6.71. The number of hydrogen-bond acceptors (Lipinski definition) is 6. The predicted octanol–water partition coefficient (Wildman–Crippen LogP) is 4.16. The Kier molecular flexibility index (Phi) is 6.27. The van der Waals surface area contributed by atoms with Crippen LogP contribution in [0, 0.1) is 12.3 Å². The van der Waals surface area contributed by atoms with E-state index in [1.54, 1.807) is 11.3 Å². The largest absolute Gasteiger partial charge is 0.328 e. The molecule has 3 rings (SSSR count). The highest BCUT2D eigenvalue weighted by molar-refractivity contribution is 7.10. The quantitative estimate of drug-likeness (QED) is 0.755. The Labute approximate surface area is 173 Å². The third kappa shape index (κ3) is 4.99. The number of nitrogens with zero attached hydrogens (tertiary/aromatic N) is 4. The highest BCUT2D eigenvalue weighted by atomic mass is 32.1. The van der Waals surface area contributed by atoms with Gasteiger partial charge in [0.05, 0.1) is 5.54 Å². The van der Waals surface area contributed by atoms with Gasteiger partial charge in [0.1, 0.15) is 6.04 Å². The van der Waals surface area contributed by atoms with Crippen molar-refractivity contribution in [1.29, 1.82) is 0 Å². The van der Waals surface area contributed by atoms with Crippen LogP contribution < -0.4 is 11.1 Å². The summed E-state index contributed by atoms with van der Waals surface area (Å²) < 4.78 is 2.05. The molecule has 1 saturated carbocycles. The lowest BCUT2D eigenvalue weighted by Crippen LogP contribution is -2.42. The molecule has 2 aromatic heterocycles. The van der Waals surface area contributed by atoms with Gasteiger partial charge in [0.25, 0.3) is 0 Å². The molecule has 1 atom stereocenters. The Balaban J connectivity index is 1.94. The van der Waals surface area contributed by atoms with Crippen LogP contribution in [0.1, 0.15) is 89.0 Å². The molecule has 0 amide bonds. The summed E-state index contributed by atoms with van der Waals surface area (Å²) in [5.74, 6) is 0.912. The van der Waals surface area contributed by atoms with Crippen LogP contribution in [0.2, 0.25) is 0 Å². The lowest BCUT2D eigenvalue weighted by Gasteiger charge is -2.35. The Morgan fingerprint density at radius 1 is 1.21 bits per heavy atom. The molecule has 0 spiro atoms. The zero-order chi connectivity index (χ0) is 20.5. The molecule has 0 bridgehead atoms. The molecule has 0 saturated heterocycles. The Morgan fingerprint density at radius 3 is 2.46 bits per heavy atom. The minimum Gasteiger partial charge on any atom is -0.328 e. The van der Waals surface area contributed by atoms with Crippen LogP contribution in [0.25, 0.3) is 0 Å². The zero-order valence-corrected chi connectivity index (χ0v) is 19.0. The molecule has 0 aromatic carbocycles. The van der Waals surface area contributed by atoms with Crippen molar-refractivity contribution >= 4 is 11.3 Å². The summed E-state index contributed by atoms with van der Waals surface area (Å²) in [7, 11) is 0. The van der Waals surface area contributed by atoms with Crippen LogP contribution in [0.15, 0.2) is 11.4 Å². The van der Waals surface area contributed by atoms with Crippen LogP contribution in [-0.2, 0) is 5.54 Å². The standard InChI is InChI=1S/C21H36N6S/c1-14-11-12-28-18(14)17(23-16-9-7-15(22)8-10-16)19-24-25-26-27(19)21(5,6)13-20(2,3)4/h11-12,15-17,23H,7-10,13,22H2,1-6H3. The second-order valence-electron chi connectivity index (χ2n) is 10.2. The Morgan fingerprint density at radius 2 is 1.89 bits per heavy atom. The highest BCUT2D eigenvalue weighted by Crippen LogP contribution is 2.36. The molecular weight excluding hydrogens is 368 g/mol. The monoisotopic (exact) mass is 404 g/mol. The molecule has 28 heavy (non-hydrogen) atoms. The first-order chi connectivity index (χ1) is 13.1. The minimum atomic E-state index is -0.170. The van der Waals surface area contributed by atoms with Crippen molar-refractivity contribution in [1.82, 2.24) is 25.5 Å². The minimum absolute atomic E-state index is 0.00793. The number of nitrogens with one attached hydrogen (secondary N) is 1. The summed E-state index contributed by atoms with van der Waals surface area (Å²) in [6.45, 7) is 13.4. The molecular formula is C21H36N6S. The number of nitrogens with two attached hydrogens (primary N) is 1. The van der Waals surface area contributed by atoms with Crippen LogP contribution in [0.3, 0.4) is 0 Å². The van der Waals surface area contributed by atoms with Gasteiger partial charge in [-0.3, -0.25) is 0 Å². The normalized spacial score (nSPS) is 22.4. The van der Waals surface area contributed by atoms with Gasteiger partial charge in [-0.1, -0.05) is 20.8 Å². The fraction of sp³-hybridized carbons (Fsp3) is 0.762. The lowest BCUT2D eigenvalue weighted by molar-refractivity contribution is 0.186. The molecule has 1 fully saturated rings. The first-order valence-corrected chi connectivity index (χ1v) is 11.3. The average Bonchev–Trinajstić information content (AvgIpc) is 3.22. The van der Waals surface area contributed by atoms with E-state index in [9.17, 15) is 0 Å². The summed E-state index contributed by atoms with van der Waals surface area (Å²) in [4.78, 5) is 1.30. The zero-order valence-electron chi connectivity index (χ0n) is 18.2. The van der Waals surface area contributed by atoms with E-state index in [0.717, 1.165) is 37.9 Å². The second kappa shape index (κ2) is 8.20. The second-order valence-corrected chi connectivity index (χ2v) is 11.1. The highest BCUT2D eigenvalue weighted by Gasteiger charge is 2.35. The third-order valence-electron chi connectivity index (χ3n) is 5.63. The van der Waals surface area contributed by atoms with Crippen LogP contribution in [0.5, 0.6) is 0 Å². The van der Waals surface area contributed by atoms with Crippen molar-refractivity contribution in [2.24, 2.45) is 11.1 Å². The summed E-state index contributed by atoms with van der Waals surface area (Å²) in [6.07, 6.45) is 5.36. The van der Waals surface area contributed by atoms with E-state index in [1.165, 1.54) is 10.4 Å². The number of aromatic nitrogens is 4. The van der Waals surface area contributed by atoms with Crippen molar-refractivity contribution in [2.45, 2.75) is 97.3 Å². The van der Waals surface area contributed by atoms with Gasteiger partial charge in [-0.25, -0.2) is 4.68 Å². The molecule has 0 aliphatic heterocycles. The maximum absolute atomic E-state index is 6.12. The molecule has 1 aliphatic rings. The number of rotatable bonds is 6. The maximum Gasteiger partial charge on any atom is 0.174 e. The Bertz CT molecular complexity index is 764. The molecule has 7 heteroatoms. The smallest absolute Gasteiger partial charge is 0.174 e. The number of tetrazole rings is 1. The first-order valence-electron chi connectivity index (χ1n) is 10.4. The number of thiophene rings is 1. The molecule has 156 valence electrons. The van der Waals surface area contributed by atoms with E-state index in [2.05, 4.69) is 73.8 Å². The van der Waals surface area contributed by atoms with Crippen molar-refractivity contribution < 1.29 is 0 Å². The predicted molar refractivity (Wildman–Crippen MR) is 115 cm³/mol. The van der Waals surface area contributed by atoms with E-state index in [0.29, 0.717) is 12.1 Å². The van der Waals surface area contributed by atoms with Gasteiger partial charge in [0, 0.05) is 17.0 Å². The van der Waals surface area contributed by atoms with E-state index >= 15 is 0 Å². The van der Waals surface area contributed by atoms with E-state index in [1.807, 2.05) is 4.68 Å². The van der Waals surface area contributed by atoms with E-state index in [-0.39, 0.29) is 17.0 Å². The van der Waals surface area contributed by atoms with Gasteiger partial charge in [-0.2, -0.15) is 0 Å². The van der Waals surface area contributed by atoms with E-state index < -0.39 is 0 Å². The number of hydrogen-bond donors (Lipinski definition) is 2. The Hall–Kier alpha value is -1.31. The summed E-state index contributed by atoms with van der Waals surface area (Å²) in [6, 6.07) is 2.98. The molecule has 1 unspecified atom stereocenters. The molecule has 6 nitrogen and oxygen atoms in total. The average molecular weight is 405 g/mol. The van der Waals surface area contributed by atoms with Gasteiger partial charge in [0.2, 0.25) is 0 Å². The van der Waals surface area contributed by atoms with Gasteiger partial charge in [0.15, 0.2) is 5.82 Å². The van der Waals surface area contributed by atoms with Gasteiger partial charge >= 0.3 is 0 Å². The molecule has 1 aliphatic carbocycles. The van der Waals surface area contributed by atoms with Crippen LogP contribution in [-0.4, -0.2) is 32.3 Å². The van der Waals surface area contributed by atoms with Crippen molar-refractivity contribution in [3.8, 4) is 0 Å². The van der Waals surface area contributed by atoms with Gasteiger partial charge in [-0.05, 0) is 85.7 Å².